The Labute approximate surface area is 48.8 Å². The van der Waals surface area contributed by atoms with E-state index in [0.29, 0.717) is 0 Å². The van der Waals surface area contributed by atoms with Gasteiger partial charge in [-0.3, -0.25) is 0 Å². The van der Waals surface area contributed by atoms with E-state index in [9.17, 15) is 0 Å². The number of aliphatic hydroxyl groups excluding tert-OH is 1. The summed E-state index contributed by atoms with van der Waals surface area (Å²) < 4.78 is 0. The van der Waals surface area contributed by atoms with Crippen LogP contribution < -0.4 is 0 Å². The van der Waals surface area contributed by atoms with Gasteiger partial charge >= 0.3 is 0 Å². The van der Waals surface area contributed by atoms with Crippen molar-refractivity contribution in [1.29, 1.82) is 0 Å². The second-order valence-corrected chi connectivity index (χ2v) is 4.20. The Morgan fingerprint density at radius 2 is 2.00 bits per heavy atom. The standard InChI is InChI=1S/C4H9O3P/c1-8(6,7)4-2-3-5/h2-3,6-7H,4H2,1H3/p+1. The zero-order valence-electron chi connectivity index (χ0n) is 4.65. The number of aliphatic hydroxyl groups is 1. The minimum absolute atomic E-state index is 0.156. The van der Waals surface area contributed by atoms with Crippen LogP contribution >= 0.6 is 7.72 Å². The first-order valence-electron chi connectivity index (χ1n) is 2.16. The molecule has 0 bridgehead atoms. The Balaban J connectivity index is 3.39. The van der Waals surface area contributed by atoms with Gasteiger partial charge in [0.05, 0.1) is 6.26 Å². The molecule has 0 aromatic carbocycles. The summed E-state index contributed by atoms with van der Waals surface area (Å²) >= 11 is 0. The van der Waals surface area contributed by atoms with E-state index in [-0.39, 0.29) is 6.16 Å². The third-order valence-electron chi connectivity index (χ3n) is 0.557. The molecule has 48 valence electrons. The Morgan fingerprint density at radius 3 is 2.12 bits per heavy atom. The molecule has 0 aromatic heterocycles. The molecule has 4 heteroatoms. The molecule has 0 atom stereocenters. The van der Waals surface area contributed by atoms with Gasteiger partial charge in [-0.05, 0) is 6.08 Å². The highest BCUT2D eigenvalue weighted by Crippen LogP contribution is 2.44. The summed E-state index contributed by atoms with van der Waals surface area (Å²) in [5, 5.41) is 8.04. The molecule has 0 aliphatic heterocycles. The van der Waals surface area contributed by atoms with Crippen LogP contribution in [0.25, 0.3) is 0 Å². The van der Waals surface area contributed by atoms with Gasteiger partial charge in [-0.2, -0.15) is 0 Å². The van der Waals surface area contributed by atoms with Gasteiger partial charge in [0.2, 0.25) is 0 Å². The van der Waals surface area contributed by atoms with Crippen LogP contribution in [0.1, 0.15) is 0 Å². The first kappa shape index (κ1) is 7.89. The fraction of sp³-hybridized carbons (Fsp3) is 0.500. The lowest BCUT2D eigenvalue weighted by Gasteiger charge is -1.99. The molecule has 3 N–H and O–H groups in total. The third-order valence-corrected chi connectivity index (χ3v) is 1.46. The van der Waals surface area contributed by atoms with E-state index in [1.807, 2.05) is 0 Å². The zero-order chi connectivity index (χ0) is 6.62. The molecule has 0 spiro atoms. The van der Waals surface area contributed by atoms with Gasteiger partial charge in [-0.1, -0.05) is 0 Å². The number of allylic oxidation sites excluding steroid dienone is 1. The Kier molecular flexibility index (Phi) is 2.98. The Hall–Kier alpha value is -0.110. The van der Waals surface area contributed by atoms with Crippen LogP contribution in [-0.4, -0.2) is 27.7 Å². The van der Waals surface area contributed by atoms with Crippen LogP contribution in [0, 0.1) is 0 Å². The highest BCUT2D eigenvalue weighted by Gasteiger charge is 2.21. The van der Waals surface area contributed by atoms with E-state index in [1.165, 1.54) is 12.7 Å². The van der Waals surface area contributed by atoms with Crippen LogP contribution in [-0.2, 0) is 0 Å². The van der Waals surface area contributed by atoms with E-state index in [0.717, 1.165) is 6.26 Å². The lowest BCUT2D eigenvalue weighted by atomic mass is 10.7. The largest absolute Gasteiger partial charge is 0.516 e. The summed E-state index contributed by atoms with van der Waals surface area (Å²) in [6, 6.07) is 0. The van der Waals surface area contributed by atoms with Crippen LogP contribution in [0.5, 0.6) is 0 Å². The van der Waals surface area contributed by atoms with Gasteiger partial charge in [0.1, 0.15) is 12.8 Å². The van der Waals surface area contributed by atoms with E-state index in [1.54, 1.807) is 0 Å². The normalized spacial score (nSPS) is 12.9. The second kappa shape index (κ2) is 3.02. The van der Waals surface area contributed by atoms with Crippen LogP contribution in [0.15, 0.2) is 12.3 Å². The first-order valence-corrected chi connectivity index (χ1v) is 4.49. The molecule has 0 aliphatic carbocycles. The fourth-order valence-electron chi connectivity index (χ4n) is 0.247. The fourth-order valence-corrected chi connectivity index (χ4v) is 0.740. The van der Waals surface area contributed by atoms with Gasteiger partial charge in [-0.25, -0.2) is 9.79 Å². The third kappa shape index (κ3) is 5.89. The van der Waals surface area contributed by atoms with E-state index < -0.39 is 7.72 Å². The maximum atomic E-state index is 8.65. The molecule has 0 saturated heterocycles. The van der Waals surface area contributed by atoms with Crippen molar-refractivity contribution in [1.82, 2.24) is 0 Å². The Morgan fingerprint density at radius 1 is 1.50 bits per heavy atom. The SMILES string of the molecule is C[P+](O)(O)CC=CO. The number of hydrogen-bond acceptors (Lipinski definition) is 3. The molecule has 0 rings (SSSR count). The Bertz CT molecular complexity index is 83.8. The topological polar surface area (TPSA) is 60.7 Å². The van der Waals surface area contributed by atoms with E-state index >= 15 is 0 Å². The maximum absolute atomic E-state index is 8.65. The van der Waals surface area contributed by atoms with Crippen molar-refractivity contribution in [3.63, 3.8) is 0 Å². The summed E-state index contributed by atoms with van der Waals surface area (Å²) in [5.41, 5.74) is 0. The molecular weight excluding hydrogens is 127 g/mol. The lowest BCUT2D eigenvalue weighted by Crippen LogP contribution is -1.89. The van der Waals surface area contributed by atoms with Gasteiger partial charge in [-0.15, -0.1) is 0 Å². The van der Waals surface area contributed by atoms with Crippen molar-refractivity contribution in [3.8, 4) is 0 Å². The summed E-state index contributed by atoms with van der Waals surface area (Å²) in [6.07, 6.45) is 2.28. The predicted octanol–water partition coefficient (Wildman–Crippen LogP) is 0.520. The van der Waals surface area contributed by atoms with Crippen molar-refractivity contribution in [2.75, 3.05) is 12.8 Å². The molecule has 0 unspecified atom stereocenters. The molecule has 0 heterocycles. The molecule has 3 nitrogen and oxygen atoms in total. The lowest BCUT2D eigenvalue weighted by molar-refractivity contribution is 0.456. The van der Waals surface area contributed by atoms with Gasteiger partial charge in [0, 0.05) is 0 Å². The number of hydrogen-bond donors (Lipinski definition) is 3. The highest BCUT2D eigenvalue weighted by molar-refractivity contribution is 7.63. The quantitative estimate of drug-likeness (QED) is 0.384. The van der Waals surface area contributed by atoms with E-state index in [4.69, 9.17) is 14.9 Å². The molecule has 0 fully saturated rings. The van der Waals surface area contributed by atoms with Crippen LogP contribution in [0.2, 0.25) is 0 Å². The minimum atomic E-state index is -2.68. The van der Waals surface area contributed by atoms with Gasteiger partial charge in [0.25, 0.3) is 7.72 Å². The average molecular weight is 137 g/mol. The highest BCUT2D eigenvalue weighted by atomic mass is 31.2. The smallest absolute Gasteiger partial charge is 0.268 e. The number of rotatable bonds is 2. The van der Waals surface area contributed by atoms with Crippen molar-refractivity contribution >= 4 is 7.72 Å². The molecule has 0 aromatic rings. The van der Waals surface area contributed by atoms with Gasteiger partial charge < -0.3 is 5.11 Å². The maximum Gasteiger partial charge on any atom is 0.268 e. The monoisotopic (exact) mass is 137 g/mol. The van der Waals surface area contributed by atoms with E-state index in [2.05, 4.69) is 0 Å². The average Bonchev–Trinajstić information content (AvgIpc) is 1.59. The summed E-state index contributed by atoms with van der Waals surface area (Å²) in [4.78, 5) is 17.3. The summed E-state index contributed by atoms with van der Waals surface area (Å²) in [6.45, 7) is 1.35. The van der Waals surface area contributed by atoms with Crippen LogP contribution in [0.3, 0.4) is 0 Å². The first-order chi connectivity index (χ1) is 3.56. The van der Waals surface area contributed by atoms with Crippen molar-refractivity contribution in [2.45, 2.75) is 0 Å². The minimum Gasteiger partial charge on any atom is -0.516 e. The summed E-state index contributed by atoms with van der Waals surface area (Å²) in [7, 11) is -2.68. The predicted molar refractivity (Wildman–Crippen MR) is 33.9 cm³/mol. The zero-order valence-corrected chi connectivity index (χ0v) is 5.55. The molecule has 0 saturated carbocycles. The molecular formula is C4H10O3P+. The molecule has 0 aliphatic rings. The van der Waals surface area contributed by atoms with Crippen LogP contribution in [0.4, 0.5) is 0 Å². The van der Waals surface area contributed by atoms with Crippen molar-refractivity contribution in [3.05, 3.63) is 12.3 Å². The summed E-state index contributed by atoms with van der Waals surface area (Å²) in [5.74, 6) is 0. The van der Waals surface area contributed by atoms with Crippen molar-refractivity contribution in [2.24, 2.45) is 0 Å². The second-order valence-electron chi connectivity index (χ2n) is 1.66. The van der Waals surface area contributed by atoms with Gasteiger partial charge in [0.15, 0.2) is 0 Å². The molecule has 8 heavy (non-hydrogen) atoms. The molecule has 0 amide bonds. The molecule has 0 radical (unpaired) electrons. The van der Waals surface area contributed by atoms with Crippen molar-refractivity contribution < 1.29 is 14.9 Å².